The highest BCUT2D eigenvalue weighted by Gasteiger charge is 2.03. The van der Waals surface area contributed by atoms with Crippen LogP contribution in [0.5, 0.6) is 11.5 Å². The van der Waals surface area contributed by atoms with E-state index in [-0.39, 0.29) is 12.5 Å². The monoisotopic (exact) mass is 332 g/mol. The zero-order valence-electron chi connectivity index (χ0n) is 12.7. The van der Waals surface area contributed by atoms with Gasteiger partial charge in [-0.2, -0.15) is 5.10 Å². The minimum absolute atomic E-state index is 0.148. The van der Waals surface area contributed by atoms with E-state index in [9.17, 15) is 4.79 Å². The van der Waals surface area contributed by atoms with Crippen LogP contribution in [0.2, 0.25) is 5.02 Å². The quantitative estimate of drug-likeness (QED) is 0.625. The van der Waals surface area contributed by atoms with Crippen LogP contribution in [0.4, 0.5) is 0 Å². The molecule has 0 radical (unpaired) electrons. The molecule has 2 rings (SSSR count). The number of carbonyl (C=O) groups excluding carboxylic acids is 1. The third-order valence-electron chi connectivity index (χ3n) is 2.78. The van der Waals surface area contributed by atoms with Gasteiger partial charge in [-0.3, -0.25) is 4.79 Å². The predicted molar refractivity (Wildman–Crippen MR) is 90.3 cm³/mol. The number of rotatable bonds is 7. The fraction of sp³-hybridized carbons (Fsp3) is 0.176. The molecule has 0 aromatic heterocycles. The van der Waals surface area contributed by atoms with Gasteiger partial charge in [0.25, 0.3) is 5.91 Å². The van der Waals surface area contributed by atoms with Crippen LogP contribution < -0.4 is 14.9 Å². The minimum atomic E-state index is -0.366. The van der Waals surface area contributed by atoms with Crippen molar-refractivity contribution in [1.29, 1.82) is 0 Å². The van der Waals surface area contributed by atoms with Gasteiger partial charge in [-0.25, -0.2) is 5.43 Å². The summed E-state index contributed by atoms with van der Waals surface area (Å²) in [4.78, 5) is 11.7. The Hall–Kier alpha value is -2.53. The number of para-hydroxylation sites is 1. The molecular weight excluding hydrogens is 316 g/mol. The van der Waals surface area contributed by atoms with Gasteiger partial charge in [0.05, 0.1) is 12.8 Å². The molecule has 6 heteroatoms. The molecule has 0 aliphatic heterocycles. The van der Waals surface area contributed by atoms with Crippen LogP contribution >= 0.6 is 11.6 Å². The van der Waals surface area contributed by atoms with Crippen LogP contribution in [0.15, 0.2) is 53.6 Å². The van der Waals surface area contributed by atoms with E-state index in [4.69, 9.17) is 21.1 Å². The first kappa shape index (κ1) is 16.8. The first-order chi connectivity index (χ1) is 11.2. The maximum absolute atomic E-state index is 11.7. The van der Waals surface area contributed by atoms with Crippen molar-refractivity contribution in [3.05, 3.63) is 59.1 Å². The fourth-order valence-corrected chi connectivity index (χ4v) is 1.97. The van der Waals surface area contributed by atoms with Crippen molar-refractivity contribution in [3.63, 3.8) is 0 Å². The highest BCUT2D eigenvalue weighted by Crippen LogP contribution is 2.17. The van der Waals surface area contributed by atoms with Gasteiger partial charge in [-0.1, -0.05) is 29.8 Å². The van der Waals surface area contributed by atoms with Crippen molar-refractivity contribution in [2.45, 2.75) is 6.92 Å². The number of hydrogen-bond acceptors (Lipinski definition) is 4. The number of nitrogens with zero attached hydrogens (tertiary/aromatic N) is 1. The molecule has 0 spiro atoms. The lowest BCUT2D eigenvalue weighted by Gasteiger charge is -2.06. The van der Waals surface area contributed by atoms with Crippen LogP contribution in [0.25, 0.3) is 0 Å². The second-order valence-electron chi connectivity index (χ2n) is 4.51. The molecular formula is C17H17ClN2O3. The molecule has 0 saturated carbocycles. The van der Waals surface area contributed by atoms with Crippen LogP contribution in [0.3, 0.4) is 0 Å². The molecule has 2 aromatic carbocycles. The molecule has 0 aliphatic carbocycles. The van der Waals surface area contributed by atoms with Gasteiger partial charge in [0, 0.05) is 10.6 Å². The number of nitrogens with one attached hydrogen (secondary N) is 1. The standard InChI is InChI=1S/C17H17ClN2O3/c1-2-22-16-9-4-3-6-13(16)11-19-20-17(21)12-23-15-8-5-7-14(18)10-15/h3-11H,2,12H2,1H3,(H,20,21)/b19-11+. The number of ether oxygens (including phenoxy) is 2. The Morgan fingerprint density at radius 1 is 1.22 bits per heavy atom. The normalized spacial score (nSPS) is 10.5. The topological polar surface area (TPSA) is 59.9 Å². The Balaban J connectivity index is 1.84. The lowest BCUT2D eigenvalue weighted by molar-refractivity contribution is -0.123. The van der Waals surface area contributed by atoms with Gasteiger partial charge in [-0.15, -0.1) is 0 Å². The van der Waals surface area contributed by atoms with Crippen LogP contribution in [0.1, 0.15) is 12.5 Å². The number of halogens is 1. The van der Waals surface area contributed by atoms with Gasteiger partial charge in [-0.05, 0) is 37.3 Å². The zero-order valence-corrected chi connectivity index (χ0v) is 13.4. The average molecular weight is 333 g/mol. The maximum Gasteiger partial charge on any atom is 0.277 e. The van der Waals surface area contributed by atoms with Crippen molar-refractivity contribution in [2.75, 3.05) is 13.2 Å². The summed E-state index contributed by atoms with van der Waals surface area (Å²) in [6.07, 6.45) is 1.53. The van der Waals surface area contributed by atoms with E-state index in [1.54, 1.807) is 24.3 Å². The Labute approximate surface area is 139 Å². The summed E-state index contributed by atoms with van der Waals surface area (Å²) < 4.78 is 10.8. The molecule has 0 saturated heterocycles. The minimum Gasteiger partial charge on any atom is -0.493 e. The van der Waals surface area contributed by atoms with E-state index in [0.717, 1.165) is 5.56 Å². The van der Waals surface area contributed by atoms with Crippen molar-refractivity contribution in [3.8, 4) is 11.5 Å². The Morgan fingerprint density at radius 2 is 2.04 bits per heavy atom. The van der Waals surface area contributed by atoms with E-state index in [1.807, 2.05) is 31.2 Å². The molecule has 0 unspecified atom stereocenters. The molecule has 0 aliphatic rings. The van der Waals surface area contributed by atoms with Gasteiger partial charge < -0.3 is 9.47 Å². The largest absolute Gasteiger partial charge is 0.493 e. The Morgan fingerprint density at radius 3 is 2.83 bits per heavy atom. The number of carbonyl (C=O) groups is 1. The number of benzene rings is 2. The number of hydrogen-bond donors (Lipinski definition) is 1. The van der Waals surface area contributed by atoms with Crippen molar-refractivity contribution in [1.82, 2.24) is 5.43 Å². The summed E-state index contributed by atoms with van der Waals surface area (Å²) in [5.41, 5.74) is 3.19. The summed E-state index contributed by atoms with van der Waals surface area (Å²) >= 11 is 5.84. The third-order valence-corrected chi connectivity index (χ3v) is 3.01. The number of amides is 1. The van der Waals surface area contributed by atoms with E-state index >= 15 is 0 Å². The first-order valence-corrected chi connectivity index (χ1v) is 7.49. The van der Waals surface area contributed by atoms with Crippen molar-refractivity contribution in [2.24, 2.45) is 5.10 Å². The predicted octanol–water partition coefficient (Wildman–Crippen LogP) is 3.27. The highest BCUT2D eigenvalue weighted by atomic mass is 35.5. The van der Waals surface area contributed by atoms with Crippen molar-refractivity contribution < 1.29 is 14.3 Å². The molecule has 0 fully saturated rings. The first-order valence-electron chi connectivity index (χ1n) is 7.11. The lowest BCUT2D eigenvalue weighted by Crippen LogP contribution is -2.24. The molecule has 5 nitrogen and oxygen atoms in total. The smallest absolute Gasteiger partial charge is 0.277 e. The Bertz CT molecular complexity index is 689. The molecule has 120 valence electrons. The summed E-state index contributed by atoms with van der Waals surface area (Å²) in [6.45, 7) is 2.32. The zero-order chi connectivity index (χ0) is 16.5. The highest BCUT2D eigenvalue weighted by molar-refractivity contribution is 6.30. The number of hydrazone groups is 1. The molecule has 0 atom stereocenters. The van der Waals surface area contributed by atoms with Gasteiger partial charge in [0.2, 0.25) is 0 Å². The second kappa shape index (κ2) is 8.80. The Kier molecular flexibility index (Phi) is 6.44. The van der Waals surface area contributed by atoms with E-state index in [0.29, 0.717) is 23.1 Å². The maximum atomic E-state index is 11.7. The molecule has 23 heavy (non-hydrogen) atoms. The van der Waals surface area contributed by atoms with Gasteiger partial charge in [0.15, 0.2) is 6.61 Å². The third kappa shape index (κ3) is 5.64. The van der Waals surface area contributed by atoms with E-state index < -0.39 is 0 Å². The molecule has 2 aromatic rings. The lowest BCUT2D eigenvalue weighted by atomic mass is 10.2. The van der Waals surface area contributed by atoms with E-state index in [2.05, 4.69) is 10.5 Å². The molecule has 1 amide bonds. The van der Waals surface area contributed by atoms with Crippen LogP contribution in [-0.4, -0.2) is 25.3 Å². The summed E-state index contributed by atoms with van der Waals surface area (Å²) in [6, 6.07) is 14.3. The second-order valence-corrected chi connectivity index (χ2v) is 4.95. The van der Waals surface area contributed by atoms with Gasteiger partial charge in [0.1, 0.15) is 11.5 Å². The van der Waals surface area contributed by atoms with Gasteiger partial charge >= 0.3 is 0 Å². The molecule has 1 N–H and O–H groups in total. The molecule has 0 heterocycles. The van der Waals surface area contributed by atoms with Crippen molar-refractivity contribution >= 4 is 23.7 Å². The van der Waals surface area contributed by atoms with Crippen LogP contribution in [0, 0.1) is 0 Å². The average Bonchev–Trinajstić information content (AvgIpc) is 2.55. The van der Waals surface area contributed by atoms with Crippen LogP contribution in [-0.2, 0) is 4.79 Å². The molecule has 0 bridgehead atoms. The van der Waals surface area contributed by atoms with E-state index in [1.165, 1.54) is 6.21 Å². The summed E-state index contributed by atoms with van der Waals surface area (Å²) in [5.74, 6) is 0.872. The summed E-state index contributed by atoms with van der Waals surface area (Å²) in [5, 5.41) is 4.45. The SMILES string of the molecule is CCOc1ccccc1/C=N/NC(=O)COc1cccc(Cl)c1. The summed E-state index contributed by atoms with van der Waals surface area (Å²) in [7, 11) is 0. The fourth-order valence-electron chi connectivity index (χ4n) is 1.79.